The molecule has 0 heterocycles. The van der Waals surface area contributed by atoms with Gasteiger partial charge in [0.05, 0.1) is 11.1 Å². The van der Waals surface area contributed by atoms with Crippen LogP contribution in [-0.2, 0) is 28.4 Å². The van der Waals surface area contributed by atoms with Crippen molar-refractivity contribution in [2.75, 3.05) is 11.9 Å². The van der Waals surface area contributed by atoms with Gasteiger partial charge < -0.3 is 10.6 Å². The lowest BCUT2D eigenvalue weighted by molar-refractivity contribution is -0.143. The molecule has 0 bridgehead atoms. The summed E-state index contributed by atoms with van der Waals surface area (Å²) in [6, 6.07) is 6.77. The fourth-order valence-corrected chi connectivity index (χ4v) is 3.87. The van der Waals surface area contributed by atoms with Crippen molar-refractivity contribution >= 4 is 23.5 Å². The van der Waals surface area contributed by atoms with Crippen molar-refractivity contribution in [3.8, 4) is 0 Å². The van der Waals surface area contributed by atoms with Gasteiger partial charge in [0.2, 0.25) is 5.91 Å². The van der Waals surface area contributed by atoms with E-state index in [0.717, 1.165) is 29.5 Å². The van der Waals surface area contributed by atoms with E-state index in [1.807, 2.05) is 18.2 Å². The number of benzene rings is 2. The number of allylic oxidation sites excluding steroid dienone is 1. The number of halogens is 6. The van der Waals surface area contributed by atoms with Crippen LogP contribution in [0.15, 0.2) is 42.5 Å². The average molecular weight is 498 g/mol. The zero-order chi connectivity index (χ0) is 25.8. The van der Waals surface area contributed by atoms with Crippen LogP contribution in [-0.4, -0.2) is 18.2 Å². The second-order valence-electron chi connectivity index (χ2n) is 8.25. The predicted octanol–water partition coefficient (Wildman–Crippen LogP) is 6.32. The first kappa shape index (κ1) is 26.5. The molecular weight excluding hydrogens is 474 g/mol. The fraction of sp³-hybridized carbons (Fsp3) is 0.360. The van der Waals surface area contributed by atoms with E-state index in [4.69, 9.17) is 0 Å². The Labute approximate surface area is 198 Å². The molecule has 0 radical (unpaired) electrons. The standard InChI is InChI=1S/C25H24F6N2O2/c1-2-20(34)6-3-15-4-7-21-16(11-15)5-8-22(21)32-10-9-23(35)33-19-13-17(24(26,27)28)12-18(14-19)25(29,30)31/h3-4,6-7,11-14,22,32H,2,5,8-10H2,1H3,(H,33,35)/b6-3+. The molecule has 0 aromatic heterocycles. The van der Waals surface area contributed by atoms with Gasteiger partial charge in [0.25, 0.3) is 0 Å². The number of aryl methyl sites for hydroxylation is 1. The number of fused-ring (bicyclic) bond motifs is 1. The van der Waals surface area contributed by atoms with Gasteiger partial charge in [-0.15, -0.1) is 0 Å². The Morgan fingerprint density at radius 1 is 1.00 bits per heavy atom. The summed E-state index contributed by atoms with van der Waals surface area (Å²) in [6.45, 7) is 1.97. The van der Waals surface area contributed by atoms with Gasteiger partial charge >= 0.3 is 12.4 Å². The number of carbonyl (C=O) groups is 2. The van der Waals surface area contributed by atoms with E-state index in [0.29, 0.717) is 18.6 Å². The number of rotatable bonds is 8. The van der Waals surface area contributed by atoms with Gasteiger partial charge in [-0.05, 0) is 53.8 Å². The molecule has 1 aliphatic rings. The molecule has 188 valence electrons. The molecular formula is C25H24F6N2O2. The Hall–Kier alpha value is -3.14. The number of hydrogen-bond acceptors (Lipinski definition) is 3. The maximum absolute atomic E-state index is 13.0. The van der Waals surface area contributed by atoms with Crippen molar-refractivity contribution in [2.24, 2.45) is 0 Å². The highest BCUT2D eigenvalue weighted by Gasteiger charge is 2.37. The van der Waals surface area contributed by atoms with E-state index in [-0.39, 0.29) is 30.9 Å². The summed E-state index contributed by atoms with van der Waals surface area (Å²) in [6.07, 6.45) is -4.81. The van der Waals surface area contributed by atoms with Crippen molar-refractivity contribution in [1.82, 2.24) is 5.32 Å². The number of ketones is 1. The topological polar surface area (TPSA) is 58.2 Å². The van der Waals surface area contributed by atoms with E-state index in [2.05, 4.69) is 10.6 Å². The first-order valence-corrected chi connectivity index (χ1v) is 11.0. The van der Waals surface area contributed by atoms with Crippen LogP contribution in [0.25, 0.3) is 6.08 Å². The molecule has 0 spiro atoms. The lowest BCUT2D eigenvalue weighted by Crippen LogP contribution is -2.25. The van der Waals surface area contributed by atoms with E-state index in [1.54, 1.807) is 13.0 Å². The normalized spacial score (nSPS) is 15.9. The number of hydrogen-bond donors (Lipinski definition) is 2. The van der Waals surface area contributed by atoms with E-state index >= 15 is 0 Å². The van der Waals surface area contributed by atoms with Gasteiger partial charge in [0.15, 0.2) is 5.78 Å². The monoisotopic (exact) mass is 498 g/mol. The molecule has 2 aromatic rings. The van der Waals surface area contributed by atoms with Gasteiger partial charge in [0, 0.05) is 31.1 Å². The SMILES string of the molecule is CCC(=O)/C=C/c1ccc2c(c1)CCC2NCCC(=O)Nc1cc(C(F)(F)F)cc(C(F)(F)F)c1. The first-order chi connectivity index (χ1) is 16.4. The zero-order valence-corrected chi connectivity index (χ0v) is 18.8. The molecule has 0 fully saturated rings. The fourth-order valence-electron chi connectivity index (χ4n) is 3.87. The summed E-state index contributed by atoms with van der Waals surface area (Å²) in [5.74, 6) is -0.674. The van der Waals surface area contributed by atoms with Crippen LogP contribution in [0.3, 0.4) is 0 Å². The first-order valence-electron chi connectivity index (χ1n) is 11.0. The third-order valence-electron chi connectivity index (χ3n) is 5.67. The van der Waals surface area contributed by atoms with Crippen LogP contribution in [0, 0.1) is 0 Å². The van der Waals surface area contributed by atoms with Crippen LogP contribution < -0.4 is 10.6 Å². The molecule has 4 nitrogen and oxygen atoms in total. The molecule has 0 saturated carbocycles. The zero-order valence-electron chi connectivity index (χ0n) is 18.8. The van der Waals surface area contributed by atoms with Gasteiger partial charge in [-0.25, -0.2) is 0 Å². The van der Waals surface area contributed by atoms with Gasteiger partial charge in [-0.1, -0.05) is 31.2 Å². The van der Waals surface area contributed by atoms with Gasteiger partial charge in [-0.2, -0.15) is 26.3 Å². The van der Waals surface area contributed by atoms with Crippen LogP contribution in [0.5, 0.6) is 0 Å². The number of nitrogens with one attached hydrogen (secondary N) is 2. The molecule has 1 aliphatic carbocycles. The Bertz CT molecular complexity index is 1090. The van der Waals surface area contributed by atoms with E-state index < -0.39 is 35.1 Å². The molecule has 35 heavy (non-hydrogen) atoms. The summed E-state index contributed by atoms with van der Waals surface area (Å²) in [5, 5.41) is 5.34. The van der Waals surface area contributed by atoms with Crippen molar-refractivity contribution in [2.45, 2.75) is 51.0 Å². The summed E-state index contributed by atoms with van der Waals surface area (Å²) < 4.78 is 77.9. The highest BCUT2D eigenvalue weighted by molar-refractivity contribution is 5.93. The molecule has 2 aromatic carbocycles. The maximum atomic E-state index is 13.0. The summed E-state index contributed by atoms with van der Waals surface area (Å²) in [5.41, 5.74) is -0.470. The summed E-state index contributed by atoms with van der Waals surface area (Å²) >= 11 is 0. The molecule has 1 amide bonds. The highest BCUT2D eigenvalue weighted by Crippen LogP contribution is 2.37. The summed E-state index contributed by atoms with van der Waals surface area (Å²) in [4.78, 5) is 23.7. The van der Waals surface area contributed by atoms with E-state index in [1.165, 1.54) is 6.08 Å². The largest absolute Gasteiger partial charge is 0.416 e. The highest BCUT2D eigenvalue weighted by atomic mass is 19.4. The minimum Gasteiger partial charge on any atom is -0.326 e. The molecule has 3 rings (SSSR count). The molecule has 0 aliphatic heterocycles. The lowest BCUT2D eigenvalue weighted by Gasteiger charge is -2.16. The van der Waals surface area contributed by atoms with Crippen molar-refractivity contribution in [3.05, 3.63) is 70.3 Å². The predicted molar refractivity (Wildman–Crippen MR) is 120 cm³/mol. The molecule has 10 heteroatoms. The van der Waals surface area contributed by atoms with Crippen molar-refractivity contribution in [1.29, 1.82) is 0 Å². The molecule has 1 atom stereocenters. The lowest BCUT2D eigenvalue weighted by atomic mass is 10.0. The maximum Gasteiger partial charge on any atom is 0.416 e. The van der Waals surface area contributed by atoms with Crippen LogP contribution in [0.1, 0.15) is 60.0 Å². The minimum atomic E-state index is -4.99. The Morgan fingerprint density at radius 3 is 2.26 bits per heavy atom. The third-order valence-corrected chi connectivity index (χ3v) is 5.67. The quantitative estimate of drug-likeness (QED) is 0.331. The van der Waals surface area contributed by atoms with E-state index in [9.17, 15) is 35.9 Å². The Balaban J connectivity index is 1.58. The minimum absolute atomic E-state index is 0.0115. The number of anilines is 1. The van der Waals surface area contributed by atoms with Gasteiger partial charge in [-0.3, -0.25) is 9.59 Å². The smallest absolute Gasteiger partial charge is 0.326 e. The molecule has 2 N–H and O–H groups in total. The number of carbonyl (C=O) groups excluding carboxylic acids is 2. The molecule has 0 saturated heterocycles. The van der Waals surface area contributed by atoms with Crippen molar-refractivity contribution in [3.63, 3.8) is 0 Å². The molecule has 1 unspecified atom stereocenters. The average Bonchev–Trinajstić information content (AvgIpc) is 3.18. The second kappa shape index (κ2) is 10.6. The van der Waals surface area contributed by atoms with Crippen LogP contribution in [0.2, 0.25) is 0 Å². The third kappa shape index (κ3) is 7.17. The van der Waals surface area contributed by atoms with Crippen molar-refractivity contribution < 1.29 is 35.9 Å². The Kier molecular flexibility index (Phi) is 8.04. The second-order valence-corrected chi connectivity index (χ2v) is 8.25. The Morgan fingerprint density at radius 2 is 1.66 bits per heavy atom. The number of alkyl halides is 6. The van der Waals surface area contributed by atoms with Crippen LogP contribution in [0.4, 0.5) is 32.0 Å². The summed E-state index contributed by atoms with van der Waals surface area (Å²) in [7, 11) is 0. The van der Waals surface area contributed by atoms with Crippen LogP contribution >= 0.6 is 0 Å². The van der Waals surface area contributed by atoms with Gasteiger partial charge in [0.1, 0.15) is 0 Å². The number of amides is 1.